The van der Waals surface area contributed by atoms with Crippen LogP contribution in [0.2, 0.25) is 0 Å². The highest BCUT2D eigenvalue weighted by molar-refractivity contribution is 9.10. The van der Waals surface area contributed by atoms with Crippen LogP contribution >= 0.6 is 27.3 Å². The zero-order valence-corrected chi connectivity index (χ0v) is 12.7. The number of hydrogen-bond donors (Lipinski definition) is 2. The summed E-state index contributed by atoms with van der Waals surface area (Å²) >= 11 is 4.60. The Bertz CT molecular complexity index is 787. The molecule has 0 amide bonds. The number of nitrogens with zero attached hydrogens (tertiary/aromatic N) is 3. The van der Waals surface area contributed by atoms with Crippen molar-refractivity contribution in [2.24, 2.45) is 0 Å². The van der Waals surface area contributed by atoms with Gasteiger partial charge >= 0.3 is 5.69 Å². The summed E-state index contributed by atoms with van der Waals surface area (Å²) in [5, 5.41) is 6.87. The number of anilines is 1. The second-order valence-corrected chi connectivity index (χ2v) is 6.07. The van der Waals surface area contributed by atoms with Crippen LogP contribution < -0.4 is 10.6 Å². The highest BCUT2D eigenvalue weighted by Gasteiger charge is 2.12. The minimum absolute atomic E-state index is 0.339. The molecule has 2 N–H and O–H groups in total. The lowest BCUT2D eigenvalue weighted by Crippen LogP contribution is -2.17. The van der Waals surface area contributed by atoms with Gasteiger partial charge in [-0.15, -0.1) is 0 Å². The number of nitrogens with one attached hydrogen (secondary N) is 2. The third kappa shape index (κ3) is 2.46. The SMILES string of the molecule is CN(Cc1n[nH]c(=O)[nH]1)c1nc2cc(F)c(Br)cc2s1. The summed E-state index contributed by atoms with van der Waals surface area (Å²) in [6.45, 7) is 0.405. The smallest absolute Gasteiger partial charge is 0.340 e. The monoisotopic (exact) mass is 357 g/mol. The third-order valence-electron chi connectivity index (χ3n) is 2.68. The van der Waals surface area contributed by atoms with E-state index < -0.39 is 0 Å². The molecule has 104 valence electrons. The van der Waals surface area contributed by atoms with Gasteiger partial charge < -0.3 is 4.90 Å². The lowest BCUT2D eigenvalue weighted by molar-refractivity contribution is 0.623. The Morgan fingerprint density at radius 3 is 3.00 bits per heavy atom. The highest BCUT2D eigenvalue weighted by atomic mass is 79.9. The summed E-state index contributed by atoms with van der Waals surface area (Å²) in [4.78, 5) is 19.8. The zero-order chi connectivity index (χ0) is 14.3. The van der Waals surface area contributed by atoms with Crippen LogP contribution in [0, 0.1) is 5.82 Å². The van der Waals surface area contributed by atoms with Gasteiger partial charge in [0.1, 0.15) is 11.6 Å². The van der Waals surface area contributed by atoms with E-state index in [1.807, 2.05) is 11.9 Å². The predicted octanol–water partition coefficient (Wildman–Crippen LogP) is 2.25. The lowest BCUT2D eigenvalue weighted by atomic mass is 10.3. The third-order valence-corrected chi connectivity index (χ3v) is 4.42. The molecule has 2 aromatic heterocycles. The van der Waals surface area contributed by atoms with Crippen LogP contribution in [0.15, 0.2) is 21.4 Å². The van der Waals surface area contributed by atoms with Crippen LogP contribution in [0.4, 0.5) is 9.52 Å². The number of rotatable bonds is 3. The quantitative estimate of drug-likeness (QED) is 0.753. The van der Waals surface area contributed by atoms with E-state index >= 15 is 0 Å². The largest absolute Gasteiger partial charge is 0.344 e. The Hall–Kier alpha value is -1.74. The van der Waals surface area contributed by atoms with Crippen LogP contribution in [0.25, 0.3) is 10.2 Å². The molecule has 0 saturated carbocycles. The maximum Gasteiger partial charge on any atom is 0.340 e. The molecule has 6 nitrogen and oxygen atoms in total. The van der Waals surface area contributed by atoms with Crippen LogP contribution in [0.3, 0.4) is 0 Å². The minimum Gasteiger partial charge on any atom is -0.344 e. The normalized spacial score (nSPS) is 11.2. The molecule has 0 saturated heterocycles. The number of halogens is 2. The second kappa shape index (κ2) is 4.98. The van der Waals surface area contributed by atoms with E-state index in [0.29, 0.717) is 22.4 Å². The van der Waals surface area contributed by atoms with Crippen molar-refractivity contribution in [3.63, 3.8) is 0 Å². The Morgan fingerprint density at radius 1 is 1.50 bits per heavy atom. The van der Waals surface area contributed by atoms with Gasteiger partial charge in [0.25, 0.3) is 0 Å². The summed E-state index contributed by atoms with van der Waals surface area (Å²) in [6.07, 6.45) is 0. The standard InChI is InChI=1S/C11H9BrFN5OS/c1-18(4-9-15-10(19)17-16-9)11-14-7-3-6(13)5(12)2-8(7)20-11/h2-3H,4H2,1H3,(H2,15,16,17,19). The lowest BCUT2D eigenvalue weighted by Gasteiger charge is -2.12. The first-order chi connectivity index (χ1) is 9.52. The van der Waals surface area contributed by atoms with E-state index in [1.54, 1.807) is 6.07 Å². The molecule has 20 heavy (non-hydrogen) atoms. The van der Waals surface area contributed by atoms with Gasteiger partial charge in [0.05, 0.1) is 21.2 Å². The van der Waals surface area contributed by atoms with Gasteiger partial charge in [0, 0.05) is 13.1 Å². The van der Waals surface area contributed by atoms with Crippen LogP contribution in [0.1, 0.15) is 5.82 Å². The fraction of sp³-hybridized carbons (Fsp3) is 0.182. The molecular formula is C11H9BrFN5OS. The Labute approximate surface area is 124 Å². The van der Waals surface area contributed by atoms with Crippen molar-refractivity contribution in [1.82, 2.24) is 20.2 Å². The van der Waals surface area contributed by atoms with E-state index in [9.17, 15) is 9.18 Å². The molecule has 0 aliphatic heterocycles. The first kappa shape index (κ1) is 13.3. The fourth-order valence-electron chi connectivity index (χ4n) is 1.75. The summed E-state index contributed by atoms with van der Waals surface area (Å²) in [6, 6.07) is 3.10. The number of H-pyrrole nitrogens is 2. The molecule has 0 unspecified atom stereocenters. The van der Waals surface area contributed by atoms with Gasteiger partial charge in [-0.3, -0.25) is 4.98 Å². The minimum atomic E-state index is -0.344. The second-order valence-electron chi connectivity index (χ2n) is 4.21. The predicted molar refractivity (Wildman–Crippen MR) is 78.6 cm³/mol. The summed E-state index contributed by atoms with van der Waals surface area (Å²) in [7, 11) is 1.83. The molecule has 0 spiro atoms. The van der Waals surface area contributed by atoms with E-state index in [-0.39, 0.29) is 11.5 Å². The maximum atomic E-state index is 13.5. The molecule has 1 aromatic carbocycles. The van der Waals surface area contributed by atoms with Gasteiger partial charge in [-0.25, -0.2) is 19.3 Å². The molecule has 3 aromatic rings. The van der Waals surface area contributed by atoms with Crippen molar-refractivity contribution < 1.29 is 4.39 Å². The first-order valence-electron chi connectivity index (χ1n) is 5.63. The average Bonchev–Trinajstić information content (AvgIpc) is 2.96. The number of benzene rings is 1. The number of aromatic amines is 2. The Morgan fingerprint density at radius 2 is 2.30 bits per heavy atom. The van der Waals surface area contributed by atoms with Crippen molar-refractivity contribution in [2.45, 2.75) is 6.54 Å². The molecule has 0 aliphatic rings. The van der Waals surface area contributed by atoms with Crippen molar-refractivity contribution in [3.8, 4) is 0 Å². The fourth-order valence-corrected chi connectivity index (χ4v) is 3.19. The van der Waals surface area contributed by atoms with Gasteiger partial charge in [0.2, 0.25) is 0 Å². The van der Waals surface area contributed by atoms with Crippen molar-refractivity contribution in [3.05, 3.63) is 38.7 Å². The highest BCUT2D eigenvalue weighted by Crippen LogP contribution is 2.32. The molecule has 0 fully saturated rings. The topological polar surface area (TPSA) is 77.7 Å². The van der Waals surface area contributed by atoms with E-state index in [4.69, 9.17) is 0 Å². The van der Waals surface area contributed by atoms with Gasteiger partial charge in [0.15, 0.2) is 5.13 Å². The van der Waals surface area contributed by atoms with Gasteiger partial charge in [-0.2, -0.15) is 5.10 Å². The molecule has 0 aliphatic carbocycles. The molecule has 2 heterocycles. The zero-order valence-electron chi connectivity index (χ0n) is 10.3. The number of hydrogen-bond acceptors (Lipinski definition) is 5. The average molecular weight is 358 g/mol. The number of fused-ring (bicyclic) bond motifs is 1. The van der Waals surface area contributed by atoms with E-state index in [1.165, 1.54) is 17.4 Å². The molecule has 0 atom stereocenters. The van der Waals surface area contributed by atoms with Crippen LogP contribution in [-0.2, 0) is 6.54 Å². The van der Waals surface area contributed by atoms with Crippen LogP contribution in [-0.4, -0.2) is 27.2 Å². The summed E-state index contributed by atoms with van der Waals surface area (Å²) in [5.41, 5.74) is 0.261. The summed E-state index contributed by atoms with van der Waals surface area (Å²) < 4.78 is 14.8. The first-order valence-corrected chi connectivity index (χ1v) is 7.24. The molecule has 0 radical (unpaired) electrons. The van der Waals surface area contributed by atoms with E-state index in [0.717, 1.165) is 9.83 Å². The molecule has 0 bridgehead atoms. The number of thiazole rings is 1. The molecule has 9 heteroatoms. The van der Waals surface area contributed by atoms with Crippen LogP contribution in [0.5, 0.6) is 0 Å². The Kier molecular flexibility index (Phi) is 3.30. The van der Waals surface area contributed by atoms with Crippen molar-refractivity contribution in [2.75, 3.05) is 11.9 Å². The molecular weight excluding hydrogens is 349 g/mol. The Balaban J connectivity index is 1.91. The maximum absolute atomic E-state index is 13.5. The van der Waals surface area contributed by atoms with E-state index in [2.05, 4.69) is 36.1 Å². The number of aromatic nitrogens is 4. The summed E-state index contributed by atoms with van der Waals surface area (Å²) in [5.74, 6) is 0.178. The molecule has 3 rings (SSSR count). The van der Waals surface area contributed by atoms with Crippen molar-refractivity contribution in [1.29, 1.82) is 0 Å². The van der Waals surface area contributed by atoms with Gasteiger partial charge in [-0.1, -0.05) is 11.3 Å². The van der Waals surface area contributed by atoms with Crippen molar-refractivity contribution >= 4 is 42.6 Å². The van der Waals surface area contributed by atoms with Gasteiger partial charge in [-0.05, 0) is 22.0 Å².